The van der Waals surface area contributed by atoms with Crippen molar-refractivity contribution in [1.82, 2.24) is 24.6 Å². The van der Waals surface area contributed by atoms with E-state index in [0.717, 1.165) is 42.0 Å². The number of nitrogens with zero attached hydrogens (tertiary/aromatic N) is 6. The maximum absolute atomic E-state index is 12.9. The molecule has 1 unspecified atom stereocenters. The number of carbonyl (C=O) groups is 1. The van der Waals surface area contributed by atoms with Crippen LogP contribution in [0, 0.1) is 0 Å². The first-order valence-electron chi connectivity index (χ1n) is 10.5. The molecule has 8 heteroatoms. The van der Waals surface area contributed by atoms with Gasteiger partial charge in [-0.1, -0.05) is 12.1 Å². The average molecular weight is 421 g/mol. The normalized spacial score (nSPS) is 16.2. The molecule has 2 aromatic heterocycles. The summed E-state index contributed by atoms with van der Waals surface area (Å²) in [6, 6.07) is 9.77. The second-order valence-corrected chi connectivity index (χ2v) is 7.98. The summed E-state index contributed by atoms with van der Waals surface area (Å²) in [5.41, 5.74) is 2.97. The number of rotatable bonds is 6. The molecule has 3 heterocycles. The van der Waals surface area contributed by atoms with Crippen molar-refractivity contribution in [2.45, 2.75) is 25.3 Å². The van der Waals surface area contributed by atoms with Gasteiger partial charge in [-0.15, -0.1) is 0 Å². The van der Waals surface area contributed by atoms with Crippen molar-refractivity contribution in [2.75, 3.05) is 39.2 Å². The van der Waals surface area contributed by atoms with Gasteiger partial charge in [-0.25, -0.2) is 9.97 Å². The fourth-order valence-corrected chi connectivity index (χ4v) is 3.98. The molecule has 4 rings (SSSR count). The number of ether oxygens (including phenoxy) is 1. The molecule has 162 valence electrons. The largest absolute Gasteiger partial charge is 0.497 e. The highest BCUT2D eigenvalue weighted by atomic mass is 16.5. The summed E-state index contributed by atoms with van der Waals surface area (Å²) in [7, 11) is 5.53. The zero-order valence-corrected chi connectivity index (χ0v) is 18.2. The third-order valence-electron chi connectivity index (χ3n) is 5.60. The van der Waals surface area contributed by atoms with E-state index in [9.17, 15) is 4.79 Å². The highest BCUT2D eigenvalue weighted by Crippen LogP contribution is 2.35. The second-order valence-electron chi connectivity index (χ2n) is 7.98. The maximum atomic E-state index is 12.9. The van der Waals surface area contributed by atoms with Gasteiger partial charge >= 0.3 is 0 Å². The Balaban J connectivity index is 1.64. The lowest BCUT2D eigenvalue weighted by atomic mass is 9.90. The fraction of sp³-hybridized carbons (Fsp3) is 0.391. The Morgan fingerprint density at radius 3 is 2.90 bits per heavy atom. The van der Waals surface area contributed by atoms with Crippen molar-refractivity contribution in [1.29, 1.82) is 0 Å². The van der Waals surface area contributed by atoms with Crippen molar-refractivity contribution < 1.29 is 9.53 Å². The van der Waals surface area contributed by atoms with Crippen molar-refractivity contribution in [3.05, 3.63) is 54.6 Å². The lowest BCUT2D eigenvalue weighted by molar-refractivity contribution is -0.133. The van der Waals surface area contributed by atoms with Gasteiger partial charge in [0, 0.05) is 57.3 Å². The molecule has 3 aromatic rings. The standard InChI is InChI=1S/C23H28N6O2/c1-27(2)23-24-14-20(17-7-4-9-19(13-17)31-3)22(26-23)18-8-5-11-28(15-18)21(30)16-29-12-6-10-25-29/h4,6-7,9-10,12-14,18H,5,8,11,15-16H2,1-3H3. The van der Waals surface area contributed by atoms with Crippen LogP contribution in [-0.2, 0) is 11.3 Å². The first-order chi connectivity index (χ1) is 15.0. The van der Waals surface area contributed by atoms with Crippen LogP contribution in [0.3, 0.4) is 0 Å². The molecule has 1 fully saturated rings. The van der Waals surface area contributed by atoms with Crippen LogP contribution in [0.1, 0.15) is 24.5 Å². The van der Waals surface area contributed by atoms with Gasteiger partial charge < -0.3 is 14.5 Å². The average Bonchev–Trinajstić information content (AvgIpc) is 3.31. The highest BCUT2D eigenvalue weighted by Gasteiger charge is 2.28. The lowest BCUT2D eigenvalue weighted by Crippen LogP contribution is -2.41. The van der Waals surface area contributed by atoms with Crippen LogP contribution in [-0.4, -0.2) is 64.9 Å². The van der Waals surface area contributed by atoms with E-state index in [-0.39, 0.29) is 18.4 Å². The first-order valence-corrected chi connectivity index (χ1v) is 10.5. The van der Waals surface area contributed by atoms with Crippen LogP contribution < -0.4 is 9.64 Å². The summed E-state index contributed by atoms with van der Waals surface area (Å²) in [6.07, 6.45) is 7.31. The van der Waals surface area contributed by atoms with Crippen molar-refractivity contribution in [3.63, 3.8) is 0 Å². The number of hydrogen-bond donors (Lipinski definition) is 0. The van der Waals surface area contributed by atoms with Crippen LogP contribution in [0.5, 0.6) is 5.75 Å². The molecule has 8 nitrogen and oxygen atoms in total. The molecule has 1 aliphatic heterocycles. The first kappa shape index (κ1) is 20.8. The predicted molar refractivity (Wildman–Crippen MR) is 119 cm³/mol. The van der Waals surface area contributed by atoms with Gasteiger partial charge in [0.1, 0.15) is 12.3 Å². The molecular formula is C23H28N6O2. The number of carbonyl (C=O) groups excluding carboxylic acids is 1. The van der Waals surface area contributed by atoms with E-state index in [1.165, 1.54) is 0 Å². The molecule has 0 aliphatic carbocycles. The minimum Gasteiger partial charge on any atom is -0.497 e. The van der Waals surface area contributed by atoms with Gasteiger partial charge in [-0.2, -0.15) is 5.10 Å². The number of aromatic nitrogens is 4. The van der Waals surface area contributed by atoms with Crippen LogP contribution in [0.4, 0.5) is 5.95 Å². The summed E-state index contributed by atoms with van der Waals surface area (Å²) < 4.78 is 7.08. The van der Waals surface area contributed by atoms with E-state index in [4.69, 9.17) is 9.72 Å². The number of benzene rings is 1. The van der Waals surface area contributed by atoms with Gasteiger partial charge in [0.15, 0.2) is 0 Å². The molecule has 1 aromatic carbocycles. The summed E-state index contributed by atoms with van der Waals surface area (Å²) in [5, 5.41) is 4.16. The Hall–Kier alpha value is -3.42. The number of hydrogen-bond acceptors (Lipinski definition) is 6. The number of anilines is 1. The predicted octanol–water partition coefficient (Wildman–Crippen LogP) is 2.82. The third kappa shape index (κ3) is 4.68. The summed E-state index contributed by atoms with van der Waals surface area (Å²) in [5.74, 6) is 1.68. The smallest absolute Gasteiger partial charge is 0.244 e. The van der Waals surface area contributed by atoms with E-state index >= 15 is 0 Å². The molecular weight excluding hydrogens is 392 g/mol. The van der Waals surface area contributed by atoms with Gasteiger partial charge in [-0.3, -0.25) is 9.48 Å². The quantitative estimate of drug-likeness (QED) is 0.610. The maximum Gasteiger partial charge on any atom is 0.244 e. The van der Waals surface area contributed by atoms with E-state index in [2.05, 4.69) is 10.1 Å². The van der Waals surface area contributed by atoms with Crippen LogP contribution >= 0.6 is 0 Å². The number of amides is 1. The summed E-state index contributed by atoms with van der Waals surface area (Å²) >= 11 is 0. The molecule has 1 aliphatic rings. The van der Waals surface area contributed by atoms with Gasteiger partial charge in [0.05, 0.1) is 12.8 Å². The summed E-state index contributed by atoms with van der Waals surface area (Å²) in [4.78, 5) is 26.2. The molecule has 0 radical (unpaired) electrons. The number of likely N-dealkylation sites (tertiary alicyclic amines) is 1. The molecule has 1 saturated heterocycles. The minimum absolute atomic E-state index is 0.0817. The lowest BCUT2D eigenvalue weighted by Gasteiger charge is -2.33. The zero-order valence-electron chi connectivity index (χ0n) is 18.2. The second kappa shape index (κ2) is 9.16. The SMILES string of the molecule is COc1cccc(-c2cnc(N(C)C)nc2C2CCCN(C(=O)Cn3cccn3)C2)c1. The van der Waals surface area contributed by atoms with E-state index < -0.39 is 0 Å². The van der Waals surface area contributed by atoms with E-state index in [1.807, 2.05) is 66.6 Å². The van der Waals surface area contributed by atoms with E-state index in [1.54, 1.807) is 18.0 Å². The summed E-state index contributed by atoms with van der Waals surface area (Å²) in [6.45, 7) is 1.66. The zero-order chi connectivity index (χ0) is 21.8. The molecule has 31 heavy (non-hydrogen) atoms. The Morgan fingerprint density at radius 2 is 2.16 bits per heavy atom. The highest BCUT2D eigenvalue weighted by molar-refractivity contribution is 5.76. The van der Waals surface area contributed by atoms with Crippen LogP contribution in [0.15, 0.2) is 48.9 Å². The molecule has 0 spiro atoms. The Bertz CT molecular complexity index is 1030. The Morgan fingerprint density at radius 1 is 1.29 bits per heavy atom. The topological polar surface area (TPSA) is 76.4 Å². The van der Waals surface area contributed by atoms with E-state index in [0.29, 0.717) is 12.5 Å². The van der Waals surface area contributed by atoms with Crippen LogP contribution in [0.2, 0.25) is 0 Å². The Labute approximate surface area is 182 Å². The molecule has 0 saturated carbocycles. The van der Waals surface area contributed by atoms with Gasteiger partial charge in [0.2, 0.25) is 11.9 Å². The molecule has 0 bridgehead atoms. The fourth-order valence-electron chi connectivity index (χ4n) is 3.98. The van der Waals surface area contributed by atoms with Crippen LogP contribution in [0.25, 0.3) is 11.1 Å². The van der Waals surface area contributed by atoms with Crippen molar-refractivity contribution in [2.24, 2.45) is 0 Å². The number of piperidine rings is 1. The monoisotopic (exact) mass is 420 g/mol. The number of methoxy groups -OCH3 is 1. The van der Waals surface area contributed by atoms with Crippen molar-refractivity contribution in [3.8, 4) is 16.9 Å². The third-order valence-corrected chi connectivity index (χ3v) is 5.60. The Kier molecular flexibility index (Phi) is 6.16. The van der Waals surface area contributed by atoms with Gasteiger partial charge in [0.25, 0.3) is 0 Å². The molecule has 0 N–H and O–H groups in total. The molecule has 1 atom stereocenters. The van der Waals surface area contributed by atoms with Gasteiger partial charge in [-0.05, 0) is 36.6 Å². The van der Waals surface area contributed by atoms with Crippen molar-refractivity contribution >= 4 is 11.9 Å². The minimum atomic E-state index is 0.0817. The molecule has 1 amide bonds.